The largest absolute Gasteiger partial charge is 0.505 e. The van der Waals surface area contributed by atoms with Crippen molar-refractivity contribution in [2.24, 2.45) is 0 Å². The van der Waals surface area contributed by atoms with Gasteiger partial charge in [-0.3, -0.25) is 19.7 Å². The Hall–Kier alpha value is -2.49. The summed E-state index contributed by atoms with van der Waals surface area (Å²) in [6.45, 7) is 1.86. The highest BCUT2D eigenvalue weighted by molar-refractivity contribution is 8.00. The number of amides is 1. The summed E-state index contributed by atoms with van der Waals surface area (Å²) in [7, 11) is 3.09. The van der Waals surface area contributed by atoms with Crippen LogP contribution in [0.5, 0.6) is 5.75 Å². The number of rotatable bonds is 7. The lowest BCUT2D eigenvalue weighted by Gasteiger charge is -2.38. The molecule has 3 N–H and O–H groups in total. The van der Waals surface area contributed by atoms with Crippen LogP contribution in [0.2, 0.25) is 5.02 Å². The van der Waals surface area contributed by atoms with Gasteiger partial charge in [0, 0.05) is 19.3 Å². The van der Waals surface area contributed by atoms with E-state index >= 15 is 0 Å². The van der Waals surface area contributed by atoms with Gasteiger partial charge in [-0.2, -0.15) is 11.8 Å². The zero-order chi connectivity index (χ0) is 23.9. The van der Waals surface area contributed by atoms with Crippen LogP contribution in [-0.4, -0.2) is 64.7 Å². The molecule has 8 nitrogen and oxygen atoms in total. The fourth-order valence-electron chi connectivity index (χ4n) is 4.16. The van der Waals surface area contributed by atoms with Crippen LogP contribution in [0, 0.1) is 6.92 Å². The normalized spacial score (nSPS) is 23.3. The summed E-state index contributed by atoms with van der Waals surface area (Å²) in [6, 6.07) is 4.80. The predicted octanol–water partition coefficient (Wildman–Crippen LogP) is 3.18. The van der Waals surface area contributed by atoms with Crippen molar-refractivity contribution in [1.29, 1.82) is 0 Å². The maximum atomic E-state index is 12.5. The van der Waals surface area contributed by atoms with Crippen LogP contribution in [0.15, 0.2) is 28.7 Å². The minimum absolute atomic E-state index is 0.0689. The van der Waals surface area contributed by atoms with Crippen molar-refractivity contribution in [2.45, 2.75) is 43.1 Å². The summed E-state index contributed by atoms with van der Waals surface area (Å²) >= 11 is 7.95. The molecule has 1 aromatic carbocycles. The van der Waals surface area contributed by atoms with E-state index in [0.29, 0.717) is 0 Å². The third-order valence-corrected chi connectivity index (χ3v) is 7.74. The van der Waals surface area contributed by atoms with Gasteiger partial charge < -0.3 is 19.7 Å². The molecular formula is C23H26ClN3O5S. The fraction of sp³-hybridized carbons (Fsp3) is 0.435. The lowest BCUT2D eigenvalue weighted by Crippen LogP contribution is -2.68. The van der Waals surface area contributed by atoms with E-state index in [9.17, 15) is 19.5 Å². The summed E-state index contributed by atoms with van der Waals surface area (Å²) in [4.78, 5) is 38.7. The first-order chi connectivity index (χ1) is 15.7. The molecule has 0 radical (unpaired) electrons. The number of Topliss-reactive ketones (excluding diaryl/α,β-unsaturated/α-hetero) is 2. The van der Waals surface area contributed by atoms with Crippen molar-refractivity contribution >= 4 is 46.5 Å². The lowest BCUT2D eigenvalue weighted by atomic mass is 9.81. The Morgan fingerprint density at radius 3 is 2.55 bits per heavy atom. The monoisotopic (exact) mass is 491 g/mol. The van der Waals surface area contributed by atoms with Crippen LogP contribution in [-0.2, 0) is 9.59 Å². The van der Waals surface area contributed by atoms with E-state index in [4.69, 9.17) is 16.0 Å². The van der Waals surface area contributed by atoms with Crippen molar-refractivity contribution in [1.82, 2.24) is 10.2 Å². The maximum Gasteiger partial charge on any atom is 0.258 e. The van der Waals surface area contributed by atoms with Gasteiger partial charge >= 0.3 is 0 Å². The summed E-state index contributed by atoms with van der Waals surface area (Å²) in [5.74, 6) is 0.580. The fourth-order valence-corrected chi connectivity index (χ4v) is 5.77. The van der Waals surface area contributed by atoms with Crippen LogP contribution < -0.4 is 10.6 Å². The molecule has 2 heterocycles. The Labute approximate surface area is 201 Å². The Bertz CT molecular complexity index is 1100. The molecule has 1 aliphatic carbocycles. The Morgan fingerprint density at radius 2 is 1.94 bits per heavy atom. The Kier molecular flexibility index (Phi) is 6.74. The number of ketones is 2. The number of anilines is 1. The number of phenols is 1. The molecule has 2 aliphatic rings. The first-order valence-corrected chi connectivity index (χ1v) is 12.1. The van der Waals surface area contributed by atoms with Crippen LogP contribution in [0.1, 0.15) is 40.8 Å². The van der Waals surface area contributed by atoms with E-state index in [2.05, 4.69) is 10.6 Å². The van der Waals surface area contributed by atoms with Crippen LogP contribution in [0.4, 0.5) is 5.69 Å². The minimum Gasteiger partial charge on any atom is -0.505 e. The minimum atomic E-state index is -0.892. The standard InChI is InChI=1S/C23H26ClN3O5S/c1-11-6-9-14(32-11)17(15-5-4-10-33-15)26-19-18(21(29)22(19)30)25-13-8-7-12(24)16(20(13)28)23(31)27(2)3/h6-9,15,17-19,25-26,28H,4-5,10H2,1-3H3. The number of carbonyl (C=O) groups is 3. The lowest BCUT2D eigenvalue weighted by molar-refractivity contribution is -0.145. The number of thioether (sulfide) groups is 1. The molecule has 176 valence electrons. The molecule has 2 fully saturated rings. The van der Waals surface area contributed by atoms with Crippen molar-refractivity contribution in [3.8, 4) is 5.75 Å². The summed E-state index contributed by atoms with van der Waals surface area (Å²) in [6.07, 6.45) is 2.05. The number of furan rings is 1. The zero-order valence-corrected chi connectivity index (χ0v) is 20.1. The van der Waals surface area contributed by atoms with Crippen molar-refractivity contribution in [2.75, 3.05) is 25.2 Å². The van der Waals surface area contributed by atoms with Gasteiger partial charge in [0.15, 0.2) is 5.75 Å². The van der Waals surface area contributed by atoms with Gasteiger partial charge in [0.2, 0.25) is 11.6 Å². The highest BCUT2D eigenvalue weighted by atomic mass is 35.5. The third kappa shape index (κ3) is 4.49. The smallest absolute Gasteiger partial charge is 0.258 e. The molecule has 2 aromatic rings. The van der Waals surface area contributed by atoms with Crippen LogP contribution in [0.3, 0.4) is 0 Å². The SMILES string of the molecule is Cc1ccc(C(NC2C(=O)C(=O)C2Nc2ccc(Cl)c(C(=O)N(C)C)c2O)C2CCCS2)o1. The molecule has 0 spiro atoms. The first-order valence-electron chi connectivity index (χ1n) is 10.7. The third-order valence-electron chi connectivity index (χ3n) is 5.96. The number of aryl methyl sites for hydroxylation is 1. The van der Waals surface area contributed by atoms with Gasteiger partial charge in [-0.05, 0) is 49.8 Å². The average Bonchev–Trinajstić information content (AvgIpc) is 3.46. The summed E-state index contributed by atoms with van der Waals surface area (Å²) < 4.78 is 5.85. The molecule has 1 saturated carbocycles. The number of nitrogens with zero attached hydrogens (tertiary/aromatic N) is 1. The molecule has 4 unspecified atom stereocenters. The molecule has 4 rings (SSSR count). The van der Waals surface area contributed by atoms with Crippen LogP contribution >= 0.6 is 23.4 Å². The Balaban J connectivity index is 1.58. The second kappa shape index (κ2) is 9.40. The number of halogens is 1. The van der Waals surface area contributed by atoms with E-state index in [1.807, 2.05) is 30.8 Å². The van der Waals surface area contributed by atoms with Gasteiger partial charge in [-0.25, -0.2) is 0 Å². The van der Waals surface area contributed by atoms with Crippen LogP contribution in [0.25, 0.3) is 0 Å². The van der Waals surface area contributed by atoms with E-state index < -0.39 is 29.6 Å². The van der Waals surface area contributed by atoms with E-state index in [1.165, 1.54) is 17.0 Å². The summed E-state index contributed by atoms with van der Waals surface area (Å²) in [5, 5.41) is 17.3. The van der Waals surface area contributed by atoms with E-state index in [0.717, 1.165) is 30.1 Å². The number of hydrogen-bond acceptors (Lipinski definition) is 8. The van der Waals surface area contributed by atoms with Crippen molar-refractivity contribution < 1.29 is 23.9 Å². The molecular weight excluding hydrogens is 466 g/mol. The number of benzene rings is 1. The molecule has 1 aliphatic heterocycles. The molecule has 10 heteroatoms. The second-order valence-electron chi connectivity index (χ2n) is 8.49. The average molecular weight is 492 g/mol. The number of aromatic hydroxyl groups is 1. The maximum absolute atomic E-state index is 12.5. The molecule has 1 amide bonds. The number of nitrogens with one attached hydrogen (secondary N) is 2. The number of hydrogen-bond donors (Lipinski definition) is 3. The molecule has 1 saturated heterocycles. The highest BCUT2D eigenvalue weighted by Gasteiger charge is 2.51. The highest BCUT2D eigenvalue weighted by Crippen LogP contribution is 2.39. The van der Waals surface area contributed by atoms with Gasteiger partial charge in [0.05, 0.1) is 16.8 Å². The molecule has 4 atom stereocenters. The predicted molar refractivity (Wildman–Crippen MR) is 127 cm³/mol. The Morgan fingerprint density at radius 1 is 1.21 bits per heavy atom. The van der Waals surface area contributed by atoms with E-state index in [-0.39, 0.29) is 33.3 Å². The number of carbonyl (C=O) groups excluding carboxylic acids is 3. The summed E-state index contributed by atoms with van der Waals surface area (Å²) in [5.41, 5.74) is 0.0865. The van der Waals surface area contributed by atoms with Gasteiger partial charge in [-0.1, -0.05) is 11.6 Å². The second-order valence-corrected chi connectivity index (χ2v) is 10.2. The van der Waals surface area contributed by atoms with Crippen molar-refractivity contribution in [3.63, 3.8) is 0 Å². The van der Waals surface area contributed by atoms with E-state index in [1.54, 1.807) is 14.1 Å². The molecule has 33 heavy (non-hydrogen) atoms. The van der Waals surface area contributed by atoms with Gasteiger partial charge in [0.1, 0.15) is 29.2 Å². The van der Waals surface area contributed by atoms with Gasteiger partial charge in [0.25, 0.3) is 5.91 Å². The zero-order valence-electron chi connectivity index (χ0n) is 18.6. The number of phenolic OH excluding ortho intramolecular Hbond substituents is 1. The topological polar surface area (TPSA) is 112 Å². The van der Waals surface area contributed by atoms with Crippen molar-refractivity contribution in [3.05, 3.63) is 46.4 Å². The molecule has 0 bridgehead atoms. The first kappa shape index (κ1) is 23.7. The molecule has 1 aromatic heterocycles. The van der Waals surface area contributed by atoms with Gasteiger partial charge in [-0.15, -0.1) is 0 Å². The quantitative estimate of drug-likeness (QED) is 0.400.